The lowest BCUT2D eigenvalue weighted by molar-refractivity contribution is -0.137. The van der Waals surface area contributed by atoms with E-state index in [2.05, 4.69) is 0 Å². The minimum atomic E-state index is -4.37. The fourth-order valence-corrected chi connectivity index (χ4v) is 1.94. The third kappa shape index (κ3) is 3.36. The maximum absolute atomic E-state index is 13.5. The number of rotatable bonds is 3. The first kappa shape index (κ1) is 14.5. The molecule has 0 aliphatic carbocycles. The zero-order valence-corrected chi connectivity index (χ0v) is 10.5. The molecule has 1 unspecified atom stereocenters. The Balaban J connectivity index is 2.14. The van der Waals surface area contributed by atoms with E-state index in [0.29, 0.717) is 11.1 Å². The highest BCUT2D eigenvalue weighted by molar-refractivity contribution is 5.28. The van der Waals surface area contributed by atoms with Crippen molar-refractivity contribution in [3.05, 3.63) is 71.0 Å². The highest BCUT2D eigenvalue weighted by Gasteiger charge is 2.30. The summed E-state index contributed by atoms with van der Waals surface area (Å²) in [6.45, 7) is 0. The van der Waals surface area contributed by atoms with Gasteiger partial charge in [-0.3, -0.25) is 0 Å². The summed E-state index contributed by atoms with van der Waals surface area (Å²) in [6, 6.07) is 10.3. The van der Waals surface area contributed by atoms with E-state index in [1.165, 1.54) is 18.2 Å². The predicted octanol–water partition coefficient (Wildman–Crippen LogP) is 4.09. The molecule has 0 saturated carbocycles. The fourth-order valence-electron chi connectivity index (χ4n) is 1.94. The van der Waals surface area contributed by atoms with Gasteiger partial charge < -0.3 is 5.73 Å². The van der Waals surface area contributed by atoms with Crippen LogP contribution < -0.4 is 5.73 Å². The average Bonchev–Trinajstić information content (AvgIpc) is 2.40. The molecule has 0 aliphatic heterocycles. The topological polar surface area (TPSA) is 26.0 Å². The Morgan fingerprint density at radius 1 is 0.950 bits per heavy atom. The van der Waals surface area contributed by atoms with Gasteiger partial charge in [-0.15, -0.1) is 0 Å². The normalized spacial score (nSPS) is 13.2. The van der Waals surface area contributed by atoms with Crippen LogP contribution in [0.1, 0.15) is 22.7 Å². The smallest absolute Gasteiger partial charge is 0.324 e. The summed E-state index contributed by atoms with van der Waals surface area (Å²) in [7, 11) is 0. The third-order valence-electron chi connectivity index (χ3n) is 3.06. The van der Waals surface area contributed by atoms with Gasteiger partial charge in [0.25, 0.3) is 0 Å². The zero-order chi connectivity index (χ0) is 14.8. The van der Waals surface area contributed by atoms with E-state index in [9.17, 15) is 17.6 Å². The van der Waals surface area contributed by atoms with Gasteiger partial charge in [0.1, 0.15) is 5.82 Å². The molecule has 0 spiro atoms. The van der Waals surface area contributed by atoms with Crippen molar-refractivity contribution in [2.45, 2.75) is 18.6 Å². The maximum atomic E-state index is 13.5. The van der Waals surface area contributed by atoms with Crippen LogP contribution in [0, 0.1) is 5.82 Å². The highest BCUT2D eigenvalue weighted by atomic mass is 19.4. The Labute approximate surface area is 114 Å². The van der Waals surface area contributed by atoms with Crippen LogP contribution in [-0.2, 0) is 12.6 Å². The number of hydrogen-bond acceptors (Lipinski definition) is 1. The monoisotopic (exact) mass is 283 g/mol. The van der Waals surface area contributed by atoms with Crippen molar-refractivity contribution in [3.8, 4) is 0 Å². The Morgan fingerprint density at radius 3 is 2.10 bits per heavy atom. The molecule has 0 aromatic heterocycles. The van der Waals surface area contributed by atoms with E-state index >= 15 is 0 Å². The lowest BCUT2D eigenvalue weighted by atomic mass is 9.98. The molecule has 5 heteroatoms. The quantitative estimate of drug-likeness (QED) is 0.844. The lowest BCUT2D eigenvalue weighted by Gasteiger charge is -2.14. The van der Waals surface area contributed by atoms with E-state index in [1.54, 1.807) is 18.2 Å². The van der Waals surface area contributed by atoms with Crippen LogP contribution >= 0.6 is 0 Å². The van der Waals surface area contributed by atoms with Crippen LogP contribution in [0.25, 0.3) is 0 Å². The SMILES string of the molecule is NC(Cc1ccccc1F)c1ccc(C(F)(F)F)cc1. The molecular weight excluding hydrogens is 270 g/mol. The van der Waals surface area contributed by atoms with Gasteiger partial charge >= 0.3 is 6.18 Å². The van der Waals surface area contributed by atoms with Crippen molar-refractivity contribution in [2.24, 2.45) is 5.73 Å². The molecule has 2 aromatic carbocycles. The summed E-state index contributed by atoms with van der Waals surface area (Å²) < 4.78 is 50.8. The summed E-state index contributed by atoms with van der Waals surface area (Å²) in [6.07, 6.45) is -4.13. The molecule has 0 radical (unpaired) electrons. The van der Waals surface area contributed by atoms with E-state index < -0.39 is 17.8 Å². The summed E-state index contributed by atoms with van der Waals surface area (Å²) in [4.78, 5) is 0. The van der Waals surface area contributed by atoms with Gasteiger partial charge in [0.15, 0.2) is 0 Å². The molecule has 0 amide bonds. The molecule has 20 heavy (non-hydrogen) atoms. The Bertz CT molecular complexity index is 575. The van der Waals surface area contributed by atoms with Crippen LogP contribution in [-0.4, -0.2) is 0 Å². The van der Waals surface area contributed by atoms with Crippen LogP contribution in [0.3, 0.4) is 0 Å². The van der Waals surface area contributed by atoms with Gasteiger partial charge in [-0.05, 0) is 35.7 Å². The predicted molar refractivity (Wildman–Crippen MR) is 68.5 cm³/mol. The number of nitrogens with two attached hydrogens (primary N) is 1. The molecule has 2 rings (SSSR count). The molecule has 2 N–H and O–H groups in total. The average molecular weight is 283 g/mol. The largest absolute Gasteiger partial charge is 0.416 e. The van der Waals surface area contributed by atoms with Gasteiger partial charge in [0.2, 0.25) is 0 Å². The molecule has 1 nitrogen and oxygen atoms in total. The van der Waals surface area contributed by atoms with E-state index in [4.69, 9.17) is 5.73 Å². The molecule has 106 valence electrons. The van der Waals surface area contributed by atoms with Gasteiger partial charge in [-0.1, -0.05) is 30.3 Å². The molecule has 0 saturated heterocycles. The minimum Gasteiger partial charge on any atom is -0.324 e. The molecule has 0 bridgehead atoms. The van der Waals surface area contributed by atoms with Crippen LogP contribution in [0.4, 0.5) is 17.6 Å². The van der Waals surface area contributed by atoms with Crippen LogP contribution in [0.15, 0.2) is 48.5 Å². The van der Waals surface area contributed by atoms with Gasteiger partial charge in [-0.2, -0.15) is 13.2 Å². The summed E-state index contributed by atoms with van der Waals surface area (Å²) >= 11 is 0. The first-order chi connectivity index (χ1) is 9.38. The maximum Gasteiger partial charge on any atom is 0.416 e. The van der Waals surface area contributed by atoms with Crippen molar-refractivity contribution in [2.75, 3.05) is 0 Å². The first-order valence-electron chi connectivity index (χ1n) is 6.04. The molecule has 2 aromatic rings. The van der Waals surface area contributed by atoms with Crippen molar-refractivity contribution in [3.63, 3.8) is 0 Å². The summed E-state index contributed by atoms with van der Waals surface area (Å²) in [5, 5.41) is 0. The summed E-state index contributed by atoms with van der Waals surface area (Å²) in [5.74, 6) is -0.366. The third-order valence-corrected chi connectivity index (χ3v) is 3.06. The van der Waals surface area contributed by atoms with E-state index in [0.717, 1.165) is 12.1 Å². The molecular formula is C15H13F4N. The van der Waals surface area contributed by atoms with Gasteiger partial charge in [0.05, 0.1) is 5.56 Å². The number of halogens is 4. The zero-order valence-electron chi connectivity index (χ0n) is 10.5. The number of alkyl halides is 3. The van der Waals surface area contributed by atoms with Crippen molar-refractivity contribution in [1.82, 2.24) is 0 Å². The van der Waals surface area contributed by atoms with E-state index in [-0.39, 0.29) is 12.2 Å². The van der Waals surface area contributed by atoms with Crippen LogP contribution in [0.2, 0.25) is 0 Å². The van der Waals surface area contributed by atoms with Gasteiger partial charge in [0, 0.05) is 6.04 Å². The molecule has 0 heterocycles. The second kappa shape index (κ2) is 5.63. The lowest BCUT2D eigenvalue weighted by Crippen LogP contribution is -2.14. The Kier molecular flexibility index (Phi) is 4.09. The minimum absolute atomic E-state index is 0.234. The second-order valence-electron chi connectivity index (χ2n) is 4.52. The van der Waals surface area contributed by atoms with Crippen LogP contribution in [0.5, 0.6) is 0 Å². The first-order valence-corrected chi connectivity index (χ1v) is 6.04. The fraction of sp³-hybridized carbons (Fsp3) is 0.200. The van der Waals surface area contributed by atoms with Crippen molar-refractivity contribution < 1.29 is 17.6 Å². The number of hydrogen-bond donors (Lipinski definition) is 1. The highest BCUT2D eigenvalue weighted by Crippen LogP contribution is 2.30. The second-order valence-corrected chi connectivity index (χ2v) is 4.52. The Morgan fingerprint density at radius 2 is 1.55 bits per heavy atom. The van der Waals surface area contributed by atoms with Crippen molar-refractivity contribution >= 4 is 0 Å². The van der Waals surface area contributed by atoms with Gasteiger partial charge in [-0.25, -0.2) is 4.39 Å². The standard InChI is InChI=1S/C15H13F4N/c16-13-4-2-1-3-11(13)9-14(20)10-5-7-12(8-6-10)15(17,18)19/h1-8,14H,9,20H2. The molecule has 0 fully saturated rings. The number of benzene rings is 2. The van der Waals surface area contributed by atoms with Crippen molar-refractivity contribution in [1.29, 1.82) is 0 Å². The molecule has 0 aliphatic rings. The molecule has 1 atom stereocenters. The summed E-state index contributed by atoms with van der Waals surface area (Å²) in [5.41, 5.74) is 6.17. The Hall–Kier alpha value is -1.88. The van der Waals surface area contributed by atoms with E-state index in [1.807, 2.05) is 0 Å².